The number of rotatable bonds is 6. The Morgan fingerprint density at radius 1 is 1.07 bits per heavy atom. The van der Waals surface area contributed by atoms with Gasteiger partial charge in [0, 0.05) is 43.5 Å². The van der Waals surface area contributed by atoms with Crippen molar-refractivity contribution in [2.75, 3.05) is 38.4 Å². The number of fused-ring (bicyclic) bond motifs is 3. The van der Waals surface area contributed by atoms with Crippen molar-refractivity contribution in [3.05, 3.63) is 53.1 Å². The number of phenolic OH excluding ortho intramolecular Hbond substituents is 1. The molecule has 2 aromatic rings. The molecule has 0 bridgehead atoms. The van der Waals surface area contributed by atoms with Crippen LogP contribution in [0.3, 0.4) is 0 Å². The zero-order valence-electron chi connectivity index (χ0n) is 23.4. The van der Waals surface area contributed by atoms with E-state index >= 15 is 0 Å². The van der Waals surface area contributed by atoms with Gasteiger partial charge in [-0.3, -0.25) is 28.9 Å². The SMILES string of the molecule is CN(C)c1cc(CNc2ccccc2)c(O)c2c1C[C@@H]1C[C@@H]3[C@@H](N(C)C)C(=O)C(C(N)=O)C(=O)[C@]3(O)C(=O)C1C2=O. The lowest BCUT2D eigenvalue weighted by atomic mass is 9.52. The average molecular weight is 563 g/mol. The van der Waals surface area contributed by atoms with Gasteiger partial charge in [0.05, 0.1) is 17.5 Å². The first-order chi connectivity index (χ1) is 19.3. The highest BCUT2D eigenvalue weighted by molar-refractivity contribution is 6.32. The molecular formula is C30H34N4O7. The van der Waals surface area contributed by atoms with Gasteiger partial charge in [-0.25, -0.2) is 0 Å². The Morgan fingerprint density at radius 3 is 2.32 bits per heavy atom. The lowest BCUT2D eigenvalue weighted by Crippen LogP contribution is -2.74. The Bertz CT molecular complexity index is 1470. The molecule has 1 amide bonds. The predicted molar refractivity (Wildman–Crippen MR) is 149 cm³/mol. The van der Waals surface area contributed by atoms with Gasteiger partial charge < -0.3 is 26.2 Å². The topological polar surface area (TPSA) is 170 Å². The van der Waals surface area contributed by atoms with Gasteiger partial charge in [-0.2, -0.15) is 0 Å². The first-order valence-electron chi connectivity index (χ1n) is 13.5. The Hall–Kier alpha value is -4.09. The van der Waals surface area contributed by atoms with Gasteiger partial charge in [0.1, 0.15) is 5.75 Å². The van der Waals surface area contributed by atoms with Crippen molar-refractivity contribution in [3.8, 4) is 5.75 Å². The quantitative estimate of drug-likeness (QED) is 0.365. The Kier molecular flexibility index (Phi) is 6.99. The molecule has 3 aliphatic rings. The lowest BCUT2D eigenvalue weighted by molar-refractivity contribution is -0.181. The summed E-state index contributed by atoms with van der Waals surface area (Å²) in [6, 6.07) is 9.99. The summed E-state index contributed by atoms with van der Waals surface area (Å²) in [6.45, 7) is 0.191. The summed E-state index contributed by atoms with van der Waals surface area (Å²) < 4.78 is 0. The zero-order valence-corrected chi connectivity index (χ0v) is 23.4. The van der Waals surface area contributed by atoms with Crippen LogP contribution in [0.5, 0.6) is 5.75 Å². The van der Waals surface area contributed by atoms with E-state index in [-0.39, 0.29) is 30.7 Å². The first-order valence-corrected chi connectivity index (χ1v) is 13.5. The molecule has 41 heavy (non-hydrogen) atoms. The molecule has 2 aromatic carbocycles. The largest absolute Gasteiger partial charge is 0.507 e. The van der Waals surface area contributed by atoms with Crippen molar-refractivity contribution in [2.45, 2.75) is 31.0 Å². The van der Waals surface area contributed by atoms with E-state index in [1.54, 1.807) is 20.2 Å². The number of primary amides is 1. The molecule has 0 aromatic heterocycles. The molecule has 216 valence electrons. The fourth-order valence-electron chi connectivity index (χ4n) is 6.99. The average Bonchev–Trinajstić information content (AvgIpc) is 2.90. The minimum absolute atomic E-state index is 0.00877. The van der Waals surface area contributed by atoms with Crippen LogP contribution in [0.25, 0.3) is 0 Å². The fourth-order valence-corrected chi connectivity index (χ4v) is 6.99. The summed E-state index contributed by atoms with van der Waals surface area (Å²) in [6.07, 6.45) is 0.216. The molecule has 6 atom stereocenters. The Morgan fingerprint density at radius 2 is 1.73 bits per heavy atom. The van der Waals surface area contributed by atoms with E-state index in [2.05, 4.69) is 5.32 Å². The molecule has 0 radical (unpaired) electrons. The maximum Gasteiger partial charge on any atom is 0.235 e. The molecule has 0 aliphatic heterocycles. The van der Waals surface area contributed by atoms with Gasteiger partial charge in [0.25, 0.3) is 0 Å². The third-order valence-electron chi connectivity index (χ3n) is 8.86. The number of carbonyl (C=O) groups is 5. The molecule has 2 fully saturated rings. The standard InChI is InChI=1S/C30H34N4O7/c1-33(2)19-12-15(13-32-16-8-6-5-7-9-16)24(35)21-17(19)10-14-11-18-23(34(3)4)26(37)22(29(31)40)28(39)30(18,41)27(38)20(14)25(21)36/h5-9,12,14,18,20,22-23,32,35,41H,10-11,13H2,1-4H3,(H2,31,40)/t14-,18-,20?,22?,23-,30-/m1/s1. The second kappa shape index (κ2) is 10.1. The monoisotopic (exact) mass is 562 g/mol. The van der Waals surface area contributed by atoms with Gasteiger partial charge in [0.2, 0.25) is 5.91 Å². The highest BCUT2D eigenvalue weighted by atomic mass is 16.3. The van der Waals surface area contributed by atoms with Crippen LogP contribution in [0.15, 0.2) is 36.4 Å². The second-order valence-corrected chi connectivity index (χ2v) is 11.7. The lowest BCUT2D eigenvalue weighted by Gasteiger charge is -2.52. The molecule has 5 rings (SSSR count). The summed E-state index contributed by atoms with van der Waals surface area (Å²) in [5.74, 6) is -10.6. The number of Topliss-reactive ketones (excluding diaryl/α,β-unsaturated/α-hetero) is 4. The van der Waals surface area contributed by atoms with E-state index in [1.165, 1.54) is 4.90 Å². The second-order valence-electron chi connectivity index (χ2n) is 11.7. The summed E-state index contributed by atoms with van der Waals surface area (Å²) >= 11 is 0. The number of ketones is 4. The van der Waals surface area contributed by atoms with Crippen LogP contribution in [0, 0.1) is 23.7 Å². The zero-order chi connectivity index (χ0) is 30.0. The Labute approximate surface area is 237 Å². The molecule has 0 spiro atoms. The van der Waals surface area contributed by atoms with E-state index in [9.17, 15) is 34.2 Å². The number of nitrogens with zero attached hydrogens (tertiary/aromatic N) is 2. The number of likely N-dealkylation sites (N-methyl/N-ethyl adjacent to an activating group) is 1. The van der Waals surface area contributed by atoms with Crippen LogP contribution < -0.4 is 16.0 Å². The predicted octanol–water partition coefficient (Wildman–Crippen LogP) is 0.545. The number of para-hydroxylation sites is 1. The highest BCUT2D eigenvalue weighted by Gasteiger charge is 2.69. The van der Waals surface area contributed by atoms with Gasteiger partial charge in [0.15, 0.2) is 34.7 Å². The molecule has 11 heteroatoms. The van der Waals surface area contributed by atoms with Gasteiger partial charge in [-0.15, -0.1) is 0 Å². The van der Waals surface area contributed by atoms with E-state index in [4.69, 9.17) is 5.73 Å². The summed E-state index contributed by atoms with van der Waals surface area (Å²) in [5.41, 5.74) is 5.11. The molecule has 3 aliphatic carbocycles. The molecular weight excluding hydrogens is 528 g/mol. The molecule has 5 N–H and O–H groups in total. The smallest absolute Gasteiger partial charge is 0.235 e. The van der Waals surface area contributed by atoms with Crippen LogP contribution in [0.4, 0.5) is 11.4 Å². The normalized spacial score (nSPS) is 29.1. The van der Waals surface area contributed by atoms with Crippen LogP contribution in [0.2, 0.25) is 0 Å². The number of nitrogens with two attached hydrogens (primary N) is 1. The first kappa shape index (κ1) is 28.4. The van der Waals surface area contributed by atoms with Crippen LogP contribution >= 0.6 is 0 Å². The van der Waals surface area contributed by atoms with Crippen molar-refractivity contribution in [1.82, 2.24) is 4.90 Å². The van der Waals surface area contributed by atoms with E-state index in [1.807, 2.05) is 49.3 Å². The van der Waals surface area contributed by atoms with Gasteiger partial charge in [-0.05, 0) is 56.6 Å². The van der Waals surface area contributed by atoms with E-state index < -0.39 is 64.4 Å². The number of benzene rings is 2. The molecule has 2 unspecified atom stereocenters. The third kappa shape index (κ3) is 4.22. The van der Waals surface area contributed by atoms with Crippen molar-refractivity contribution >= 4 is 40.4 Å². The molecule has 0 heterocycles. The number of aliphatic hydroxyl groups is 1. The summed E-state index contributed by atoms with van der Waals surface area (Å²) in [4.78, 5) is 70.2. The number of amides is 1. The third-order valence-corrected chi connectivity index (χ3v) is 8.86. The van der Waals surface area contributed by atoms with Gasteiger partial charge >= 0.3 is 0 Å². The Balaban J connectivity index is 1.60. The van der Waals surface area contributed by atoms with Crippen LogP contribution in [-0.2, 0) is 32.1 Å². The molecule has 2 saturated carbocycles. The number of nitrogens with one attached hydrogen (secondary N) is 1. The van der Waals surface area contributed by atoms with Crippen molar-refractivity contribution in [1.29, 1.82) is 0 Å². The minimum Gasteiger partial charge on any atom is -0.507 e. The van der Waals surface area contributed by atoms with Crippen molar-refractivity contribution in [3.63, 3.8) is 0 Å². The van der Waals surface area contributed by atoms with Gasteiger partial charge in [-0.1, -0.05) is 18.2 Å². The fraction of sp³-hybridized carbons (Fsp3) is 0.433. The van der Waals surface area contributed by atoms with Crippen LogP contribution in [0.1, 0.15) is 27.9 Å². The summed E-state index contributed by atoms with van der Waals surface area (Å²) in [7, 11) is 6.74. The number of carbonyl (C=O) groups excluding carboxylic acids is 5. The highest BCUT2D eigenvalue weighted by Crippen LogP contribution is 2.52. The molecule has 0 saturated heterocycles. The van der Waals surface area contributed by atoms with E-state index in [0.717, 1.165) is 5.69 Å². The summed E-state index contributed by atoms with van der Waals surface area (Å²) in [5, 5.41) is 26.3. The van der Waals surface area contributed by atoms with E-state index in [0.29, 0.717) is 16.8 Å². The number of hydrogen-bond donors (Lipinski definition) is 4. The number of aromatic hydroxyl groups is 1. The number of hydrogen-bond acceptors (Lipinski definition) is 10. The van der Waals surface area contributed by atoms with Crippen LogP contribution in [-0.4, -0.2) is 84.0 Å². The van der Waals surface area contributed by atoms with Crippen molar-refractivity contribution in [2.24, 2.45) is 29.4 Å². The number of anilines is 2. The van der Waals surface area contributed by atoms with Crippen molar-refractivity contribution < 1.29 is 34.2 Å². The maximum atomic E-state index is 14.1. The number of phenols is 1. The maximum absolute atomic E-state index is 14.1. The minimum atomic E-state index is -2.75. The molecule has 11 nitrogen and oxygen atoms in total.